The molecule has 2 rings (SSSR count). The predicted octanol–water partition coefficient (Wildman–Crippen LogP) is 0.258. The average Bonchev–Trinajstić information content (AvgIpc) is 2.83. The summed E-state index contributed by atoms with van der Waals surface area (Å²) in [6.45, 7) is 0.696. The summed E-state index contributed by atoms with van der Waals surface area (Å²) in [5, 5.41) is 9.61. The molecule has 2 aromatic heterocycles. The van der Waals surface area contributed by atoms with E-state index in [9.17, 15) is 0 Å². The van der Waals surface area contributed by atoms with Crippen molar-refractivity contribution in [2.75, 3.05) is 19.0 Å². The molecule has 2 aromatic rings. The fraction of sp³-hybridized carbons (Fsp3) is 0.333. The van der Waals surface area contributed by atoms with Crippen LogP contribution in [0.1, 0.15) is 5.82 Å². The molecule has 0 unspecified atom stereocenters. The third kappa shape index (κ3) is 2.66. The van der Waals surface area contributed by atoms with Crippen LogP contribution in [0, 0.1) is 0 Å². The highest BCUT2D eigenvalue weighted by Crippen LogP contribution is 2.06. The smallest absolute Gasteiger partial charge is 0.222 e. The van der Waals surface area contributed by atoms with Gasteiger partial charge < -0.3 is 10.1 Å². The van der Waals surface area contributed by atoms with Gasteiger partial charge in [0.15, 0.2) is 5.75 Å². The summed E-state index contributed by atoms with van der Waals surface area (Å²) >= 11 is 0. The van der Waals surface area contributed by atoms with E-state index in [0.717, 1.165) is 12.2 Å². The molecule has 2 N–H and O–H groups in total. The number of hydrogen-bond acceptors (Lipinski definition) is 6. The average molecular weight is 220 g/mol. The largest absolute Gasteiger partial charge is 0.494 e. The lowest BCUT2D eigenvalue weighted by Gasteiger charge is -2.03. The summed E-state index contributed by atoms with van der Waals surface area (Å²) in [6.07, 6.45) is 5.46. The van der Waals surface area contributed by atoms with Gasteiger partial charge in [-0.2, -0.15) is 5.10 Å². The van der Waals surface area contributed by atoms with Crippen molar-refractivity contribution < 1.29 is 4.74 Å². The number of anilines is 1. The Bertz CT molecular complexity index is 412. The van der Waals surface area contributed by atoms with Gasteiger partial charge in [0.05, 0.1) is 19.5 Å². The van der Waals surface area contributed by atoms with Crippen LogP contribution in [-0.4, -0.2) is 38.8 Å². The van der Waals surface area contributed by atoms with Gasteiger partial charge in [0, 0.05) is 13.0 Å². The minimum Gasteiger partial charge on any atom is -0.494 e. The number of aromatic amines is 1. The number of aromatic nitrogens is 5. The van der Waals surface area contributed by atoms with Crippen LogP contribution < -0.4 is 10.1 Å². The molecule has 0 radical (unpaired) electrons. The first-order chi connectivity index (χ1) is 7.88. The highest BCUT2D eigenvalue weighted by atomic mass is 16.5. The molecule has 0 aliphatic heterocycles. The SMILES string of the molecule is COc1cnc(NCCc2ncn[nH]2)nc1. The molecule has 0 aliphatic carbocycles. The summed E-state index contributed by atoms with van der Waals surface area (Å²) in [5.41, 5.74) is 0. The Balaban J connectivity index is 1.81. The van der Waals surface area contributed by atoms with Crippen LogP contribution in [0.5, 0.6) is 5.75 Å². The first-order valence-corrected chi connectivity index (χ1v) is 4.82. The second kappa shape index (κ2) is 5.06. The molecule has 0 bridgehead atoms. The molecule has 0 saturated carbocycles. The third-order valence-electron chi connectivity index (χ3n) is 1.97. The van der Waals surface area contributed by atoms with E-state index in [4.69, 9.17) is 4.74 Å². The van der Waals surface area contributed by atoms with E-state index in [1.165, 1.54) is 6.33 Å². The maximum Gasteiger partial charge on any atom is 0.222 e. The lowest BCUT2D eigenvalue weighted by molar-refractivity contribution is 0.411. The number of H-pyrrole nitrogens is 1. The van der Waals surface area contributed by atoms with Crippen molar-refractivity contribution in [1.29, 1.82) is 0 Å². The molecule has 0 aliphatic rings. The topological polar surface area (TPSA) is 88.6 Å². The second-order valence-electron chi connectivity index (χ2n) is 3.06. The van der Waals surface area contributed by atoms with Gasteiger partial charge in [0.1, 0.15) is 12.2 Å². The molecule has 7 nitrogen and oxygen atoms in total. The lowest BCUT2D eigenvalue weighted by Crippen LogP contribution is -2.08. The molecule has 7 heteroatoms. The number of nitrogens with zero attached hydrogens (tertiary/aromatic N) is 4. The van der Waals surface area contributed by atoms with Gasteiger partial charge in [-0.25, -0.2) is 15.0 Å². The van der Waals surface area contributed by atoms with E-state index >= 15 is 0 Å². The highest BCUT2D eigenvalue weighted by molar-refractivity contribution is 5.26. The number of nitrogens with one attached hydrogen (secondary N) is 2. The predicted molar refractivity (Wildman–Crippen MR) is 57.2 cm³/mol. The van der Waals surface area contributed by atoms with Crippen molar-refractivity contribution in [1.82, 2.24) is 25.1 Å². The first kappa shape index (κ1) is 10.3. The molecule has 0 fully saturated rings. The van der Waals surface area contributed by atoms with Crippen LogP contribution in [-0.2, 0) is 6.42 Å². The fourth-order valence-electron chi connectivity index (χ4n) is 1.16. The molecular formula is C9H12N6O. The van der Waals surface area contributed by atoms with Gasteiger partial charge in [-0.1, -0.05) is 0 Å². The third-order valence-corrected chi connectivity index (χ3v) is 1.97. The molecule has 0 amide bonds. The Morgan fingerprint density at radius 3 is 2.75 bits per heavy atom. The van der Waals surface area contributed by atoms with Gasteiger partial charge in [0.25, 0.3) is 0 Å². The van der Waals surface area contributed by atoms with Gasteiger partial charge >= 0.3 is 0 Å². The van der Waals surface area contributed by atoms with Crippen LogP contribution >= 0.6 is 0 Å². The van der Waals surface area contributed by atoms with E-state index in [1.807, 2.05) is 0 Å². The van der Waals surface area contributed by atoms with E-state index in [1.54, 1.807) is 19.5 Å². The van der Waals surface area contributed by atoms with Crippen molar-refractivity contribution in [3.05, 3.63) is 24.5 Å². The molecule has 84 valence electrons. The lowest BCUT2D eigenvalue weighted by atomic mass is 10.4. The number of rotatable bonds is 5. The summed E-state index contributed by atoms with van der Waals surface area (Å²) in [7, 11) is 1.58. The second-order valence-corrected chi connectivity index (χ2v) is 3.06. The molecule has 2 heterocycles. The molecule has 16 heavy (non-hydrogen) atoms. The number of hydrogen-bond donors (Lipinski definition) is 2. The normalized spacial score (nSPS) is 10.1. The number of methoxy groups -OCH3 is 1. The zero-order valence-electron chi connectivity index (χ0n) is 8.84. The molecule has 0 saturated heterocycles. The van der Waals surface area contributed by atoms with E-state index in [2.05, 4.69) is 30.5 Å². The summed E-state index contributed by atoms with van der Waals surface area (Å²) in [4.78, 5) is 12.2. The molecule has 0 atom stereocenters. The van der Waals surface area contributed by atoms with E-state index in [0.29, 0.717) is 18.2 Å². The quantitative estimate of drug-likeness (QED) is 0.751. The maximum atomic E-state index is 4.96. The van der Waals surface area contributed by atoms with Crippen LogP contribution in [0.25, 0.3) is 0 Å². The summed E-state index contributed by atoms with van der Waals surface area (Å²) in [6, 6.07) is 0. The van der Waals surface area contributed by atoms with Crippen LogP contribution in [0.4, 0.5) is 5.95 Å². The van der Waals surface area contributed by atoms with Crippen molar-refractivity contribution in [3.8, 4) is 5.75 Å². The minimum atomic E-state index is 0.570. The Morgan fingerprint density at radius 2 is 2.12 bits per heavy atom. The maximum absolute atomic E-state index is 4.96. The van der Waals surface area contributed by atoms with Gasteiger partial charge in [-0.15, -0.1) is 0 Å². The van der Waals surface area contributed by atoms with Crippen LogP contribution in [0.3, 0.4) is 0 Å². The zero-order valence-corrected chi connectivity index (χ0v) is 8.84. The van der Waals surface area contributed by atoms with Crippen molar-refractivity contribution >= 4 is 5.95 Å². The van der Waals surface area contributed by atoms with E-state index < -0.39 is 0 Å². The molecule has 0 spiro atoms. The van der Waals surface area contributed by atoms with Gasteiger partial charge in [0.2, 0.25) is 5.95 Å². The monoisotopic (exact) mass is 220 g/mol. The Hall–Kier alpha value is -2.18. The van der Waals surface area contributed by atoms with Crippen molar-refractivity contribution in [2.45, 2.75) is 6.42 Å². The number of ether oxygens (including phenoxy) is 1. The van der Waals surface area contributed by atoms with Crippen LogP contribution in [0.2, 0.25) is 0 Å². The van der Waals surface area contributed by atoms with Crippen molar-refractivity contribution in [2.24, 2.45) is 0 Å². The summed E-state index contributed by atoms with van der Waals surface area (Å²) in [5.74, 6) is 2.04. The Morgan fingerprint density at radius 1 is 1.31 bits per heavy atom. The molecular weight excluding hydrogens is 208 g/mol. The van der Waals surface area contributed by atoms with Crippen LogP contribution in [0.15, 0.2) is 18.7 Å². The van der Waals surface area contributed by atoms with Gasteiger partial charge in [-0.3, -0.25) is 5.10 Å². The molecule has 0 aromatic carbocycles. The Kier molecular flexibility index (Phi) is 3.27. The standard InChI is InChI=1S/C9H12N6O/c1-16-7-4-11-9(12-5-7)10-3-2-8-13-6-14-15-8/h4-6H,2-3H2,1H3,(H,10,11,12)(H,13,14,15). The van der Waals surface area contributed by atoms with Gasteiger partial charge in [-0.05, 0) is 0 Å². The first-order valence-electron chi connectivity index (χ1n) is 4.82. The Labute approximate surface area is 92.3 Å². The minimum absolute atomic E-state index is 0.570. The highest BCUT2D eigenvalue weighted by Gasteiger charge is 1.98. The summed E-state index contributed by atoms with van der Waals surface area (Å²) < 4.78 is 4.96. The van der Waals surface area contributed by atoms with E-state index in [-0.39, 0.29) is 0 Å². The zero-order chi connectivity index (χ0) is 11.2. The fourth-order valence-corrected chi connectivity index (χ4v) is 1.16. The van der Waals surface area contributed by atoms with Crippen molar-refractivity contribution in [3.63, 3.8) is 0 Å².